The molecule has 0 saturated heterocycles. The molecule has 2 rings (SSSR count). The summed E-state index contributed by atoms with van der Waals surface area (Å²) in [5.41, 5.74) is 1.21. The number of sulfonamides is 1. The monoisotopic (exact) mass is 338 g/mol. The van der Waals surface area contributed by atoms with E-state index in [0.29, 0.717) is 12.5 Å². The van der Waals surface area contributed by atoms with E-state index in [1.54, 1.807) is 26.0 Å². The highest BCUT2D eigenvalue weighted by Gasteiger charge is 2.22. The van der Waals surface area contributed by atoms with Crippen LogP contribution >= 0.6 is 0 Å². The summed E-state index contributed by atoms with van der Waals surface area (Å²) in [7, 11) is -3.68. The molecule has 0 unspecified atom stereocenters. The van der Waals surface area contributed by atoms with Crippen LogP contribution in [0.4, 0.5) is 0 Å². The minimum Gasteiger partial charge on any atom is -0.355 e. The fraction of sp³-hybridized carbons (Fsp3) is 0.588. The number of rotatable bonds is 6. The van der Waals surface area contributed by atoms with Gasteiger partial charge >= 0.3 is 0 Å². The zero-order valence-corrected chi connectivity index (χ0v) is 14.7. The first-order chi connectivity index (χ1) is 10.9. The first kappa shape index (κ1) is 17.9. The van der Waals surface area contributed by atoms with Crippen LogP contribution in [0.15, 0.2) is 29.2 Å². The molecule has 1 aromatic carbocycles. The molecule has 6 heteroatoms. The van der Waals surface area contributed by atoms with Gasteiger partial charge in [-0.05, 0) is 50.3 Å². The van der Waals surface area contributed by atoms with Crippen LogP contribution in [-0.4, -0.2) is 26.9 Å². The maximum absolute atomic E-state index is 12.3. The van der Waals surface area contributed by atoms with E-state index in [1.165, 1.54) is 37.7 Å². The minimum absolute atomic E-state index is 0.202. The average Bonchev–Trinajstić information content (AvgIpc) is 2.55. The lowest BCUT2D eigenvalue weighted by Crippen LogP contribution is -2.44. The highest BCUT2D eigenvalue weighted by molar-refractivity contribution is 7.89. The Bertz CT molecular complexity index is 620. The van der Waals surface area contributed by atoms with Crippen LogP contribution in [0, 0.1) is 0 Å². The van der Waals surface area contributed by atoms with E-state index in [4.69, 9.17) is 0 Å². The first-order valence-corrected chi connectivity index (χ1v) is 9.82. The number of hydrogen-bond acceptors (Lipinski definition) is 3. The van der Waals surface area contributed by atoms with Gasteiger partial charge in [-0.2, -0.15) is 4.72 Å². The molecule has 1 amide bonds. The van der Waals surface area contributed by atoms with Gasteiger partial charge in [0.1, 0.15) is 0 Å². The number of likely N-dealkylation sites (N-methyl/N-ethyl adjacent to an activating group) is 1. The summed E-state index contributed by atoms with van der Waals surface area (Å²) in [6, 6.07) is 6.29. The summed E-state index contributed by atoms with van der Waals surface area (Å²) in [5.74, 6) is 0.220. The van der Waals surface area contributed by atoms with Crippen LogP contribution in [0.25, 0.3) is 0 Å². The van der Waals surface area contributed by atoms with Crippen molar-refractivity contribution in [1.29, 1.82) is 0 Å². The molecular weight excluding hydrogens is 312 g/mol. The summed E-state index contributed by atoms with van der Waals surface area (Å²) >= 11 is 0. The van der Waals surface area contributed by atoms with E-state index in [2.05, 4.69) is 10.0 Å². The van der Waals surface area contributed by atoms with Gasteiger partial charge in [0.2, 0.25) is 15.9 Å². The molecule has 1 fully saturated rings. The Balaban J connectivity index is 2.06. The van der Waals surface area contributed by atoms with Gasteiger partial charge in [0.15, 0.2) is 0 Å². The molecule has 1 aliphatic carbocycles. The standard InChI is InChI=1S/C17H26N2O3S/c1-3-18-17(20)13(2)19-23(21,22)16-11-9-15(10-12-16)14-7-5-4-6-8-14/h9-14,19H,3-8H2,1-2H3,(H,18,20)/t13-/m1/s1. The number of hydrogen-bond donors (Lipinski definition) is 2. The van der Waals surface area contributed by atoms with Crippen LogP contribution < -0.4 is 10.0 Å². The van der Waals surface area contributed by atoms with E-state index >= 15 is 0 Å². The van der Waals surface area contributed by atoms with E-state index in [-0.39, 0.29) is 10.8 Å². The average molecular weight is 338 g/mol. The molecule has 5 nitrogen and oxygen atoms in total. The number of carbonyl (C=O) groups excluding carboxylic acids is 1. The molecule has 23 heavy (non-hydrogen) atoms. The van der Waals surface area contributed by atoms with Crippen molar-refractivity contribution in [1.82, 2.24) is 10.0 Å². The van der Waals surface area contributed by atoms with Gasteiger partial charge in [0.05, 0.1) is 10.9 Å². The van der Waals surface area contributed by atoms with Crippen molar-refractivity contribution in [3.05, 3.63) is 29.8 Å². The molecule has 0 spiro atoms. The lowest BCUT2D eigenvalue weighted by Gasteiger charge is -2.22. The lowest BCUT2D eigenvalue weighted by molar-refractivity contribution is -0.122. The van der Waals surface area contributed by atoms with Crippen molar-refractivity contribution in [2.75, 3.05) is 6.54 Å². The van der Waals surface area contributed by atoms with Crippen molar-refractivity contribution in [3.63, 3.8) is 0 Å². The highest BCUT2D eigenvalue weighted by Crippen LogP contribution is 2.32. The number of carbonyl (C=O) groups is 1. The second kappa shape index (κ2) is 7.93. The predicted molar refractivity (Wildman–Crippen MR) is 90.7 cm³/mol. The number of benzene rings is 1. The molecule has 1 saturated carbocycles. The van der Waals surface area contributed by atoms with Crippen molar-refractivity contribution < 1.29 is 13.2 Å². The number of nitrogens with one attached hydrogen (secondary N) is 2. The quantitative estimate of drug-likeness (QED) is 0.837. The van der Waals surface area contributed by atoms with Gasteiger partial charge in [-0.15, -0.1) is 0 Å². The SMILES string of the molecule is CCNC(=O)[C@@H](C)NS(=O)(=O)c1ccc(C2CCCCC2)cc1. The molecule has 128 valence electrons. The van der Waals surface area contributed by atoms with Crippen LogP contribution in [0.1, 0.15) is 57.4 Å². The van der Waals surface area contributed by atoms with Crippen molar-refractivity contribution in [2.24, 2.45) is 0 Å². The third-order valence-electron chi connectivity index (χ3n) is 4.34. The fourth-order valence-corrected chi connectivity index (χ4v) is 4.24. The predicted octanol–water partition coefficient (Wildman–Crippen LogP) is 2.54. The van der Waals surface area contributed by atoms with Gasteiger partial charge in [-0.3, -0.25) is 4.79 Å². The van der Waals surface area contributed by atoms with Crippen molar-refractivity contribution >= 4 is 15.9 Å². The Labute approximate surface area is 138 Å². The molecule has 1 aliphatic rings. The Morgan fingerprint density at radius 3 is 2.35 bits per heavy atom. The molecule has 2 N–H and O–H groups in total. The van der Waals surface area contributed by atoms with E-state index < -0.39 is 16.1 Å². The van der Waals surface area contributed by atoms with Crippen LogP contribution in [0.3, 0.4) is 0 Å². The topological polar surface area (TPSA) is 75.3 Å². The maximum atomic E-state index is 12.3. The van der Waals surface area contributed by atoms with E-state index in [0.717, 1.165) is 0 Å². The van der Waals surface area contributed by atoms with Crippen LogP contribution in [0.2, 0.25) is 0 Å². The second-order valence-electron chi connectivity index (χ2n) is 6.14. The largest absolute Gasteiger partial charge is 0.355 e. The Hall–Kier alpha value is -1.40. The second-order valence-corrected chi connectivity index (χ2v) is 7.86. The zero-order valence-electron chi connectivity index (χ0n) is 13.8. The van der Waals surface area contributed by atoms with Crippen molar-refractivity contribution in [2.45, 2.75) is 62.8 Å². The zero-order chi connectivity index (χ0) is 16.9. The van der Waals surface area contributed by atoms with Gasteiger partial charge in [-0.1, -0.05) is 31.4 Å². The Morgan fingerprint density at radius 1 is 1.17 bits per heavy atom. The van der Waals surface area contributed by atoms with Crippen LogP contribution in [-0.2, 0) is 14.8 Å². The molecule has 0 bridgehead atoms. The third-order valence-corrected chi connectivity index (χ3v) is 5.90. The highest BCUT2D eigenvalue weighted by atomic mass is 32.2. The molecule has 0 aliphatic heterocycles. The van der Waals surface area contributed by atoms with E-state index in [1.807, 2.05) is 12.1 Å². The van der Waals surface area contributed by atoms with Gasteiger partial charge in [0.25, 0.3) is 0 Å². The minimum atomic E-state index is -3.68. The van der Waals surface area contributed by atoms with E-state index in [9.17, 15) is 13.2 Å². The smallest absolute Gasteiger partial charge is 0.241 e. The van der Waals surface area contributed by atoms with Gasteiger partial charge in [-0.25, -0.2) is 8.42 Å². The molecule has 0 aromatic heterocycles. The maximum Gasteiger partial charge on any atom is 0.241 e. The molecule has 0 radical (unpaired) electrons. The molecular formula is C17H26N2O3S. The third kappa shape index (κ3) is 4.78. The molecule has 0 heterocycles. The summed E-state index contributed by atoms with van der Waals surface area (Å²) in [5, 5.41) is 2.61. The summed E-state index contributed by atoms with van der Waals surface area (Å²) in [4.78, 5) is 11.9. The number of amides is 1. The van der Waals surface area contributed by atoms with Crippen molar-refractivity contribution in [3.8, 4) is 0 Å². The van der Waals surface area contributed by atoms with Crippen LogP contribution in [0.5, 0.6) is 0 Å². The normalized spacial score (nSPS) is 17.7. The molecule has 1 atom stereocenters. The Kier molecular flexibility index (Phi) is 6.18. The lowest BCUT2D eigenvalue weighted by atomic mass is 9.84. The Morgan fingerprint density at radius 2 is 1.78 bits per heavy atom. The van der Waals surface area contributed by atoms with Gasteiger partial charge < -0.3 is 5.32 Å². The summed E-state index contributed by atoms with van der Waals surface area (Å²) in [6.07, 6.45) is 6.15. The fourth-order valence-electron chi connectivity index (χ4n) is 3.04. The summed E-state index contributed by atoms with van der Waals surface area (Å²) in [6.45, 7) is 3.81. The first-order valence-electron chi connectivity index (χ1n) is 8.34. The molecule has 1 aromatic rings. The summed E-state index contributed by atoms with van der Waals surface area (Å²) < 4.78 is 27.1. The van der Waals surface area contributed by atoms with Gasteiger partial charge in [0, 0.05) is 6.54 Å².